The molecule has 0 spiro atoms. The Bertz CT molecular complexity index is 273. The standard InChI is InChI=1S/C9H9ClF2/c1-6(5-10)7-3-2-4-8(11)9(7)12/h2-4,6H,5H2,1H3. The van der Waals surface area contributed by atoms with Crippen molar-refractivity contribution in [3.63, 3.8) is 0 Å². The third-order valence-corrected chi connectivity index (χ3v) is 2.21. The van der Waals surface area contributed by atoms with Gasteiger partial charge in [-0.05, 0) is 17.5 Å². The summed E-state index contributed by atoms with van der Waals surface area (Å²) in [4.78, 5) is 0. The first-order valence-corrected chi connectivity index (χ1v) is 4.20. The molecule has 1 rings (SSSR count). The van der Waals surface area contributed by atoms with E-state index in [0.717, 1.165) is 6.07 Å². The minimum atomic E-state index is -0.815. The highest BCUT2D eigenvalue weighted by Crippen LogP contribution is 2.21. The Morgan fingerprint density at radius 3 is 2.67 bits per heavy atom. The SMILES string of the molecule is CC(CCl)c1cccc(F)c1F. The lowest BCUT2D eigenvalue weighted by atomic mass is 10.0. The molecule has 66 valence electrons. The highest BCUT2D eigenvalue weighted by Gasteiger charge is 2.12. The Kier molecular flexibility index (Phi) is 3.04. The van der Waals surface area contributed by atoms with Crippen LogP contribution < -0.4 is 0 Å². The smallest absolute Gasteiger partial charge is 0.162 e. The number of halogens is 3. The van der Waals surface area contributed by atoms with E-state index in [0.29, 0.717) is 11.4 Å². The number of rotatable bonds is 2. The van der Waals surface area contributed by atoms with Crippen molar-refractivity contribution in [2.24, 2.45) is 0 Å². The van der Waals surface area contributed by atoms with Crippen LogP contribution in [0.15, 0.2) is 18.2 Å². The summed E-state index contributed by atoms with van der Waals surface area (Å²) in [5.41, 5.74) is 0.338. The molecule has 1 aromatic carbocycles. The second-order valence-corrected chi connectivity index (χ2v) is 3.01. The summed E-state index contributed by atoms with van der Waals surface area (Å²) in [5, 5.41) is 0. The van der Waals surface area contributed by atoms with Crippen LogP contribution in [0.4, 0.5) is 8.78 Å². The topological polar surface area (TPSA) is 0 Å². The predicted octanol–water partition coefficient (Wildman–Crippen LogP) is 3.31. The molecule has 0 saturated carbocycles. The highest BCUT2D eigenvalue weighted by molar-refractivity contribution is 6.18. The zero-order chi connectivity index (χ0) is 9.14. The first-order chi connectivity index (χ1) is 5.66. The Hall–Kier alpha value is -0.630. The van der Waals surface area contributed by atoms with Gasteiger partial charge in [0.05, 0.1) is 0 Å². The van der Waals surface area contributed by atoms with Gasteiger partial charge in [0, 0.05) is 5.88 Å². The van der Waals surface area contributed by atoms with Crippen molar-refractivity contribution < 1.29 is 8.78 Å². The van der Waals surface area contributed by atoms with Crippen LogP contribution in [-0.4, -0.2) is 5.88 Å². The summed E-state index contributed by atoms with van der Waals surface area (Å²) in [7, 11) is 0. The average Bonchev–Trinajstić information content (AvgIpc) is 2.08. The number of benzene rings is 1. The monoisotopic (exact) mass is 190 g/mol. The van der Waals surface area contributed by atoms with Crippen LogP contribution in [0, 0.1) is 11.6 Å². The summed E-state index contributed by atoms with van der Waals surface area (Å²) < 4.78 is 25.7. The van der Waals surface area contributed by atoms with Crippen LogP contribution in [0.2, 0.25) is 0 Å². The molecule has 1 aromatic rings. The molecule has 0 amide bonds. The second kappa shape index (κ2) is 3.85. The van der Waals surface area contributed by atoms with Gasteiger partial charge in [-0.2, -0.15) is 0 Å². The van der Waals surface area contributed by atoms with E-state index >= 15 is 0 Å². The van der Waals surface area contributed by atoms with E-state index in [9.17, 15) is 8.78 Å². The molecule has 1 unspecified atom stereocenters. The van der Waals surface area contributed by atoms with E-state index in [1.165, 1.54) is 6.07 Å². The van der Waals surface area contributed by atoms with Crippen molar-refractivity contribution in [3.05, 3.63) is 35.4 Å². The van der Waals surface area contributed by atoms with Gasteiger partial charge < -0.3 is 0 Å². The Labute approximate surface area is 75.2 Å². The van der Waals surface area contributed by atoms with Gasteiger partial charge in [0.15, 0.2) is 11.6 Å². The summed E-state index contributed by atoms with van der Waals surface area (Å²) in [5.74, 6) is -1.46. The zero-order valence-electron chi connectivity index (χ0n) is 6.65. The average molecular weight is 191 g/mol. The van der Waals surface area contributed by atoms with Gasteiger partial charge in [-0.15, -0.1) is 11.6 Å². The number of alkyl halides is 1. The van der Waals surface area contributed by atoms with Crippen molar-refractivity contribution in [1.82, 2.24) is 0 Å². The van der Waals surface area contributed by atoms with E-state index in [-0.39, 0.29) is 5.92 Å². The fourth-order valence-corrected chi connectivity index (χ4v) is 1.15. The van der Waals surface area contributed by atoms with Gasteiger partial charge in [0.25, 0.3) is 0 Å². The molecular weight excluding hydrogens is 182 g/mol. The molecule has 0 bridgehead atoms. The van der Waals surface area contributed by atoms with Gasteiger partial charge >= 0.3 is 0 Å². The van der Waals surface area contributed by atoms with Crippen LogP contribution in [0.5, 0.6) is 0 Å². The number of hydrogen-bond donors (Lipinski definition) is 0. The van der Waals surface area contributed by atoms with Crippen molar-refractivity contribution in [3.8, 4) is 0 Å². The predicted molar refractivity (Wildman–Crippen MR) is 45.5 cm³/mol. The van der Waals surface area contributed by atoms with E-state index in [4.69, 9.17) is 11.6 Å². The van der Waals surface area contributed by atoms with Gasteiger partial charge in [-0.25, -0.2) is 8.78 Å². The summed E-state index contributed by atoms with van der Waals surface area (Å²) in [6.07, 6.45) is 0. The molecule has 3 heteroatoms. The Morgan fingerprint density at radius 1 is 1.42 bits per heavy atom. The van der Waals surface area contributed by atoms with Crippen LogP contribution >= 0.6 is 11.6 Å². The molecular formula is C9H9ClF2. The lowest BCUT2D eigenvalue weighted by molar-refractivity contribution is 0.494. The fourth-order valence-electron chi connectivity index (χ4n) is 0.984. The summed E-state index contributed by atoms with van der Waals surface area (Å²) in [6.45, 7) is 1.75. The minimum absolute atomic E-state index is 0.151. The fraction of sp³-hybridized carbons (Fsp3) is 0.333. The zero-order valence-corrected chi connectivity index (χ0v) is 7.41. The van der Waals surface area contributed by atoms with E-state index in [2.05, 4.69) is 0 Å². The van der Waals surface area contributed by atoms with Crippen molar-refractivity contribution >= 4 is 11.6 Å². The van der Waals surface area contributed by atoms with Crippen LogP contribution in [-0.2, 0) is 0 Å². The van der Waals surface area contributed by atoms with Crippen molar-refractivity contribution in [2.75, 3.05) is 5.88 Å². The third-order valence-electron chi connectivity index (χ3n) is 1.74. The molecule has 12 heavy (non-hydrogen) atoms. The van der Waals surface area contributed by atoms with Gasteiger partial charge in [0.2, 0.25) is 0 Å². The summed E-state index contributed by atoms with van der Waals surface area (Å²) >= 11 is 5.52. The molecule has 0 fully saturated rings. The summed E-state index contributed by atoms with van der Waals surface area (Å²) in [6, 6.07) is 4.13. The van der Waals surface area contributed by atoms with Gasteiger partial charge in [-0.3, -0.25) is 0 Å². The maximum atomic E-state index is 13.0. The second-order valence-electron chi connectivity index (χ2n) is 2.70. The minimum Gasteiger partial charge on any atom is -0.204 e. The molecule has 0 saturated heterocycles. The van der Waals surface area contributed by atoms with E-state index in [1.54, 1.807) is 13.0 Å². The van der Waals surface area contributed by atoms with Crippen molar-refractivity contribution in [1.29, 1.82) is 0 Å². The van der Waals surface area contributed by atoms with Gasteiger partial charge in [-0.1, -0.05) is 19.1 Å². The van der Waals surface area contributed by atoms with Crippen molar-refractivity contribution in [2.45, 2.75) is 12.8 Å². The van der Waals surface area contributed by atoms with Gasteiger partial charge in [0.1, 0.15) is 0 Å². The lowest BCUT2D eigenvalue weighted by Crippen LogP contribution is -2.00. The third kappa shape index (κ3) is 1.75. The maximum Gasteiger partial charge on any atom is 0.162 e. The molecule has 1 atom stereocenters. The molecule has 0 aliphatic rings. The molecule has 0 aliphatic carbocycles. The quantitative estimate of drug-likeness (QED) is 0.628. The van der Waals surface area contributed by atoms with E-state index in [1.807, 2.05) is 0 Å². The lowest BCUT2D eigenvalue weighted by Gasteiger charge is -2.08. The largest absolute Gasteiger partial charge is 0.204 e. The first-order valence-electron chi connectivity index (χ1n) is 3.66. The first kappa shape index (κ1) is 9.46. The molecule has 0 aliphatic heterocycles. The molecule has 0 aromatic heterocycles. The molecule has 0 radical (unpaired) electrons. The molecule has 0 nitrogen and oxygen atoms in total. The number of hydrogen-bond acceptors (Lipinski definition) is 0. The van der Waals surface area contributed by atoms with E-state index < -0.39 is 11.6 Å². The highest BCUT2D eigenvalue weighted by atomic mass is 35.5. The van der Waals surface area contributed by atoms with Crippen LogP contribution in [0.1, 0.15) is 18.4 Å². The Morgan fingerprint density at radius 2 is 2.08 bits per heavy atom. The maximum absolute atomic E-state index is 13.0. The molecule has 0 N–H and O–H groups in total. The Balaban J connectivity index is 3.07. The van der Waals surface area contributed by atoms with Crippen LogP contribution in [0.25, 0.3) is 0 Å². The normalized spacial score (nSPS) is 13.0. The van der Waals surface area contributed by atoms with Crippen LogP contribution in [0.3, 0.4) is 0 Å². The molecule has 0 heterocycles.